The molecule has 2 amide bonds. The molecule has 0 spiro atoms. The van der Waals surface area contributed by atoms with Crippen LogP contribution in [0.15, 0.2) is 71.6 Å². The van der Waals surface area contributed by atoms with Crippen molar-refractivity contribution in [3.63, 3.8) is 0 Å². The standard InChI is InChI=1S/C28H26N2O5S2/c1-4-34-21-12-10-20(11-13-21)30-27(32)25(37-28(30)36)16-19-9-14-23(24(15-19)33-3)35-17-26(31)29-22-8-6-5-7-18(22)2/h5-16H,4,17H2,1-3H3,(H,29,31)/b25-16-. The number of nitrogens with zero attached hydrogens (tertiary/aromatic N) is 1. The Bertz CT molecular complexity index is 1350. The first-order valence-corrected chi connectivity index (χ1v) is 12.8. The van der Waals surface area contributed by atoms with Gasteiger partial charge in [-0.2, -0.15) is 0 Å². The quantitative estimate of drug-likeness (QED) is 0.274. The summed E-state index contributed by atoms with van der Waals surface area (Å²) in [5.41, 5.74) is 3.12. The molecule has 1 aliphatic heterocycles. The molecule has 0 bridgehead atoms. The average Bonchev–Trinajstić information content (AvgIpc) is 3.17. The van der Waals surface area contributed by atoms with Crippen LogP contribution in [-0.4, -0.2) is 36.5 Å². The summed E-state index contributed by atoms with van der Waals surface area (Å²) < 4.78 is 17.1. The molecule has 3 aromatic rings. The minimum absolute atomic E-state index is 0.176. The number of methoxy groups -OCH3 is 1. The molecule has 1 saturated heterocycles. The molecule has 1 fully saturated rings. The molecule has 0 atom stereocenters. The summed E-state index contributed by atoms with van der Waals surface area (Å²) in [6.45, 7) is 4.23. The van der Waals surface area contributed by atoms with Crippen LogP contribution in [-0.2, 0) is 9.59 Å². The molecule has 0 aromatic heterocycles. The lowest BCUT2D eigenvalue weighted by Crippen LogP contribution is -2.27. The van der Waals surface area contributed by atoms with Crippen molar-refractivity contribution >= 4 is 57.6 Å². The van der Waals surface area contributed by atoms with Gasteiger partial charge in [0.15, 0.2) is 22.4 Å². The molecule has 3 aromatic carbocycles. The van der Waals surface area contributed by atoms with Gasteiger partial charge >= 0.3 is 0 Å². The van der Waals surface area contributed by atoms with Crippen molar-refractivity contribution in [1.82, 2.24) is 0 Å². The fourth-order valence-electron chi connectivity index (χ4n) is 3.64. The smallest absolute Gasteiger partial charge is 0.270 e. The molecule has 0 aliphatic carbocycles. The van der Waals surface area contributed by atoms with E-state index in [0.29, 0.717) is 33.0 Å². The Kier molecular flexibility index (Phi) is 8.47. The third-order valence-electron chi connectivity index (χ3n) is 5.46. The molecule has 1 aliphatic rings. The van der Waals surface area contributed by atoms with Crippen molar-refractivity contribution < 1.29 is 23.8 Å². The molecule has 9 heteroatoms. The third-order valence-corrected chi connectivity index (χ3v) is 6.77. The van der Waals surface area contributed by atoms with Crippen LogP contribution >= 0.6 is 24.0 Å². The predicted molar refractivity (Wildman–Crippen MR) is 152 cm³/mol. The van der Waals surface area contributed by atoms with Crippen molar-refractivity contribution in [2.45, 2.75) is 13.8 Å². The van der Waals surface area contributed by atoms with Gasteiger partial charge in [0.05, 0.1) is 24.3 Å². The summed E-state index contributed by atoms with van der Waals surface area (Å²) in [5.74, 6) is 1.11. The summed E-state index contributed by atoms with van der Waals surface area (Å²) in [5, 5.41) is 2.84. The lowest BCUT2D eigenvalue weighted by Gasteiger charge is -2.15. The van der Waals surface area contributed by atoms with E-state index in [2.05, 4.69) is 5.32 Å². The SMILES string of the molecule is CCOc1ccc(N2C(=O)/C(=C/c3ccc(OCC(=O)Nc4ccccc4C)c(OC)c3)SC2=S)cc1. The fraction of sp³-hybridized carbons (Fsp3) is 0.179. The first-order valence-electron chi connectivity index (χ1n) is 11.6. The second kappa shape index (κ2) is 11.9. The van der Waals surface area contributed by atoms with Gasteiger partial charge in [0.1, 0.15) is 5.75 Å². The Morgan fingerprint density at radius 2 is 1.81 bits per heavy atom. The number of hydrogen-bond acceptors (Lipinski definition) is 7. The van der Waals surface area contributed by atoms with Crippen LogP contribution in [0.5, 0.6) is 17.2 Å². The molecule has 190 valence electrons. The Hall–Kier alpha value is -3.82. The van der Waals surface area contributed by atoms with Crippen molar-refractivity contribution in [1.29, 1.82) is 0 Å². The van der Waals surface area contributed by atoms with Crippen LogP contribution in [0.3, 0.4) is 0 Å². The summed E-state index contributed by atoms with van der Waals surface area (Å²) >= 11 is 6.71. The number of nitrogens with one attached hydrogen (secondary N) is 1. The van der Waals surface area contributed by atoms with E-state index >= 15 is 0 Å². The Morgan fingerprint density at radius 3 is 2.51 bits per heavy atom. The highest BCUT2D eigenvalue weighted by atomic mass is 32.2. The van der Waals surface area contributed by atoms with Gasteiger partial charge in [0.25, 0.3) is 11.8 Å². The van der Waals surface area contributed by atoms with E-state index in [1.165, 1.54) is 23.8 Å². The second-order valence-electron chi connectivity index (χ2n) is 8.01. The number of rotatable bonds is 9. The zero-order valence-electron chi connectivity index (χ0n) is 20.6. The Balaban J connectivity index is 1.44. The number of carbonyl (C=O) groups is 2. The highest BCUT2D eigenvalue weighted by molar-refractivity contribution is 8.27. The van der Waals surface area contributed by atoms with Gasteiger partial charge in [-0.1, -0.05) is 48.2 Å². The second-order valence-corrected chi connectivity index (χ2v) is 9.68. The molecular formula is C28H26N2O5S2. The number of ether oxygens (including phenoxy) is 3. The van der Waals surface area contributed by atoms with Gasteiger partial charge in [0.2, 0.25) is 0 Å². The van der Waals surface area contributed by atoms with E-state index in [1.54, 1.807) is 24.3 Å². The Labute approximate surface area is 225 Å². The monoisotopic (exact) mass is 534 g/mol. The minimum atomic E-state index is -0.279. The van der Waals surface area contributed by atoms with Crippen LogP contribution in [0.1, 0.15) is 18.1 Å². The fourth-order valence-corrected chi connectivity index (χ4v) is 4.93. The van der Waals surface area contributed by atoms with Gasteiger partial charge in [-0.15, -0.1) is 0 Å². The van der Waals surface area contributed by atoms with E-state index in [0.717, 1.165) is 22.6 Å². The van der Waals surface area contributed by atoms with Gasteiger partial charge in [0, 0.05) is 5.69 Å². The number of hydrogen-bond donors (Lipinski definition) is 1. The summed E-state index contributed by atoms with van der Waals surface area (Å²) in [4.78, 5) is 27.5. The maximum atomic E-state index is 13.1. The van der Waals surface area contributed by atoms with E-state index < -0.39 is 0 Å². The van der Waals surface area contributed by atoms with Crippen LogP contribution in [0.25, 0.3) is 6.08 Å². The number of amides is 2. The lowest BCUT2D eigenvalue weighted by atomic mass is 10.1. The van der Waals surface area contributed by atoms with E-state index in [-0.39, 0.29) is 18.4 Å². The predicted octanol–water partition coefficient (Wildman–Crippen LogP) is 5.83. The number of benzene rings is 3. The van der Waals surface area contributed by atoms with Crippen molar-refractivity contribution in [2.75, 3.05) is 30.5 Å². The summed E-state index contributed by atoms with van der Waals surface area (Å²) in [6, 6.07) is 20.0. The molecule has 37 heavy (non-hydrogen) atoms. The summed E-state index contributed by atoms with van der Waals surface area (Å²) in [6.07, 6.45) is 1.76. The first-order chi connectivity index (χ1) is 17.9. The van der Waals surface area contributed by atoms with Gasteiger partial charge in [-0.05, 0) is 73.5 Å². The number of para-hydroxylation sites is 1. The molecule has 4 rings (SSSR count). The molecule has 0 saturated carbocycles. The van der Waals surface area contributed by atoms with Gasteiger partial charge in [-0.3, -0.25) is 14.5 Å². The van der Waals surface area contributed by atoms with E-state index in [9.17, 15) is 9.59 Å². The van der Waals surface area contributed by atoms with E-state index in [1.807, 2.05) is 62.4 Å². The maximum Gasteiger partial charge on any atom is 0.270 e. The normalized spacial score (nSPS) is 14.1. The summed E-state index contributed by atoms with van der Waals surface area (Å²) in [7, 11) is 1.52. The van der Waals surface area contributed by atoms with Crippen LogP contribution < -0.4 is 24.4 Å². The zero-order valence-corrected chi connectivity index (χ0v) is 22.3. The first kappa shape index (κ1) is 26.2. The van der Waals surface area contributed by atoms with Crippen molar-refractivity contribution in [3.8, 4) is 17.2 Å². The Morgan fingerprint density at radius 1 is 1.05 bits per heavy atom. The molecule has 1 heterocycles. The maximum absolute atomic E-state index is 13.1. The largest absolute Gasteiger partial charge is 0.494 e. The van der Waals surface area contributed by atoms with Crippen molar-refractivity contribution in [3.05, 3.63) is 82.8 Å². The molecule has 0 radical (unpaired) electrons. The van der Waals surface area contributed by atoms with Crippen LogP contribution in [0.4, 0.5) is 11.4 Å². The topological polar surface area (TPSA) is 77.1 Å². The third kappa shape index (κ3) is 6.31. The number of carbonyl (C=O) groups excluding carboxylic acids is 2. The number of anilines is 2. The lowest BCUT2D eigenvalue weighted by molar-refractivity contribution is -0.118. The molecular weight excluding hydrogens is 508 g/mol. The average molecular weight is 535 g/mol. The van der Waals surface area contributed by atoms with Crippen LogP contribution in [0.2, 0.25) is 0 Å². The number of thiocarbonyl (C=S) groups is 1. The number of aryl methyl sites for hydroxylation is 1. The van der Waals surface area contributed by atoms with Gasteiger partial charge < -0.3 is 19.5 Å². The molecule has 1 N–H and O–H groups in total. The highest BCUT2D eigenvalue weighted by Crippen LogP contribution is 2.37. The minimum Gasteiger partial charge on any atom is -0.494 e. The van der Waals surface area contributed by atoms with E-state index in [4.69, 9.17) is 26.4 Å². The van der Waals surface area contributed by atoms with Gasteiger partial charge in [-0.25, -0.2) is 0 Å². The molecule has 0 unspecified atom stereocenters. The van der Waals surface area contributed by atoms with Crippen LogP contribution in [0, 0.1) is 6.92 Å². The molecule has 7 nitrogen and oxygen atoms in total. The number of thioether (sulfide) groups is 1. The highest BCUT2D eigenvalue weighted by Gasteiger charge is 2.33. The van der Waals surface area contributed by atoms with Crippen molar-refractivity contribution in [2.24, 2.45) is 0 Å². The zero-order chi connectivity index (χ0) is 26.4.